The maximum absolute atomic E-state index is 13.4. The van der Waals surface area contributed by atoms with E-state index < -0.39 is 5.82 Å². The zero-order valence-corrected chi connectivity index (χ0v) is 10.8. The smallest absolute Gasteiger partial charge is 0.142 e. The molecule has 0 aliphatic carbocycles. The Balaban J connectivity index is 2.31. The second-order valence-corrected chi connectivity index (χ2v) is 4.27. The van der Waals surface area contributed by atoms with Crippen LogP contribution in [0.5, 0.6) is 0 Å². The van der Waals surface area contributed by atoms with Gasteiger partial charge in [0, 0.05) is 12.0 Å². The van der Waals surface area contributed by atoms with Crippen molar-refractivity contribution < 1.29 is 4.39 Å². The van der Waals surface area contributed by atoms with E-state index >= 15 is 0 Å². The van der Waals surface area contributed by atoms with Gasteiger partial charge in [-0.15, -0.1) is 0 Å². The summed E-state index contributed by atoms with van der Waals surface area (Å²) < 4.78 is 13.4. The minimum absolute atomic E-state index is 0.143. The van der Waals surface area contributed by atoms with E-state index in [0.717, 1.165) is 23.1 Å². The van der Waals surface area contributed by atoms with Crippen molar-refractivity contribution >= 4 is 11.6 Å². The SMILES string of the molecule is CCC#Cc1ccc(-c2ccc(Cl)c(F)c2)cc1. The van der Waals surface area contributed by atoms with E-state index in [9.17, 15) is 4.39 Å². The van der Waals surface area contributed by atoms with Crippen molar-refractivity contribution in [2.75, 3.05) is 0 Å². The predicted molar refractivity (Wildman–Crippen MR) is 74.0 cm³/mol. The Hall–Kier alpha value is -1.78. The highest BCUT2D eigenvalue weighted by Crippen LogP contribution is 2.24. The van der Waals surface area contributed by atoms with Crippen LogP contribution >= 0.6 is 11.6 Å². The first kappa shape index (κ1) is 12.7. The Morgan fingerprint density at radius 3 is 2.33 bits per heavy atom. The van der Waals surface area contributed by atoms with Crippen molar-refractivity contribution in [2.45, 2.75) is 13.3 Å². The molecule has 0 spiro atoms. The van der Waals surface area contributed by atoms with Crippen LogP contribution in [0, 0.1) is 17.7 Å². The molecule has 0 radical (unpaired) electrons. The molecule has 0 heterocycles. The highest BCUT2D eigenvalue weighted by molar-refractivity contribution is 6.30. The van der Waals surface area contributed by atoms with Gasteiger partial charge in [0.05, 0.1) is 5.02 Å². The van der Waals surface area contributed by atoms with Crippen molar-refractivity contribution in [3.05, 3.63) is 58.9 Å². The molecule has 0 nitrogen and oxygen atoms in total. The lowest BCUT2D eigenvalue weighted by Crippen LogP contribution is -1.82. The molecular formula is C16H12ClF. The van der Waals surface area contributed by atoms with Crippen molar-refractivity contribution in [1.82, 2.24) is 0 Å². The topological polar surface area (TPSA) is 0 Å². The third-order valence-electron chi connectivity index (χ3n) is 2.55. The molecule has 0 saturated carbocycles. The van der Waals surface area contributed by atoms with Crippen LogP contribution in [0.3, 0.4) is 0 Å². The molecule has 2 aromatic rings. The van der Waals surface area contributed by atoms with Crippen LogP contribution in [0.15, 0.2) is 42.5 Å². The Morgan fingerprint density at radius 2 is 1.72 bits per heavy atom. The van der Waals surface area contributed by atoms with Gasteiger partial charge in [-0.2, -0.15) is 0 Å². The standard InChI is InChI=1S/C16H12ClF/c1-2-3-4-12-5-7-13(8-6-12)14-9-10-15(17)16(18)11-14/h5-11H,2H2,1H3. The molecule has 2 aromatic carbocycles. The van der Waals surface area contributed by atoms with Gasteiger partial charge in [0.25, 0.3) is 0 Å². The van der Waals surface area contributed by atoms with E-state index in [1.807, 2.05) is 31.2 Å². The zero-order chi connectivity index (χ0) is 13.0. The molecule has 0 unspecified atom stereocenters. The monoisotopic (exact) mass is 258 g/mol. The number of hydrogen-bond donors (Lipinski definition) is 0. The normalized spacial score (nSPS) is 9.72. The second-order valence-electron chi connectivity index (χ2n) is 3.86. The fourth-order valence-corrected chi connectivity index (χ4v) is 1.73. The molecule has 0 saturated heterocycles. The average molecular weight is 259 g/mol. The van der Waals surface area contributed by atoms with Gasteiger partial charge in [0.15, 0.2) is 0 Å². The summed E-state index contributed by atoms with van der Waals surface area (Å²) in [6.45, 7) is 2.01. The largest absolute Gasteiger partial charge is 0.205 e. The third kappa shape index (κ3) is 2.91. The lowest BCUT2D eigenvalue weighted by molar-refractivity contribution is 0.629. The van der Waals surface area contributed by atoms with Crippen LogP contribution in [0.25, 0.3) is 11.1 Å². The van der Waals surface area contributed by atoms with Crippen LogP contribution in [0.1, 0.15) is 18.9 Å². The van der Waals surface area contributed by atoms with Gasteiger partial charge in [-0.05, 0) is 35.4 Å². The molecule has 18 heavy (non-hydrogen) atoms. The highest BCUT2D eigenvalue weighted by Gasteiger charge is 2.02. The van der Waals surface area contributed by atoms with E-state index in [1.165, 1.54) is 6.07 Å². The average Bonchev–Trinajstić information content (AvgIpc) is 2.40. The summed E-state index contributed by atoms with van der Waals surface area (Å²) in [7, 11) is 0. The summed E-state index contributed by atoms with van der Waals surface area (Å²) in [6, 6.07) is 12.5. The number of halogens is 2. The summed E-state index contributed by atoms with van der Waals surface area (Å²) in [4.78, 5) is 0. The third-order valence-corrected chi connectivity index (χ3v) is 2.85. The minimum atomic E-state index is -0.399. The van der Waals surface area contributed by atoms with Crippen molar-refractivity contribution in [2.24, 2.45) is 0 Å². The first-order valence-corrected chi connectivity index (χ1v) is 6.13. The summed E-state index contributed by atoms with van der Waals surface area (Å²) in [5.74, 6) is 5.66. The molecule has 0 atom stereocenters. The lowest BCUT2D eigenvalue weighted by atomic mass is 10.0. The van der Waals surface area contributed by atoms with Gasteiger partial charge in [0.2, 0.25) is 0 Å². The summed E-state index contributed by atoms with van der Waals surface area (Å²) in [5, 5.41) is 0.143. The first-order chi connectivity index (χ1) is 8.70. The molecule has 0 aliphatic rings. The van der Waals surface area contributed by atoms with E-state index in [1.54, 1.807) is 12.1 Å². The van der Waals surface area contributed by atoms with E-state index in [4.69, 9.17) is 11.6 Å². The molecular weight excluding hydrogens is 247 g/mol. The van der Waals surface area contributed by atoms with Crippen LogP contribution in [0.4, 0.5) is 4.39 Å². The molecule has 2 rings (SSSR count). The predicted octanol–water partition coefficient (Wildman–Crippen LogP) is 4.91. The van der Waals surface area contributed by atoms with Crippen LogP contribution < -0.4 is 0 Å². The Bertz CT molecular complexity index is 603. The van der Waals surface area contributed by atoms with E-state index in [2.05, 4.69) is 11.8 Å². The molecule has 0 fully saturated rings. The van der Waals surface area contributed by atoms with Gasteiger partial charge in [0.1, 0.15) is 5.82 Å². The fourth-order valence-electron chi connectivity index (χ4n) is 1.61. The number of rotatable bonds is 1. The van der Waals surface area contributed by atoms with Crippen molar-refractivity contribution in [3.8, 4) is 23.0 Å². The van der Waals surface area contributed by atoms with E-state index in [-0.39, 0.29) is 5.02 Å². The van der Waals surface area contributed by atoms with Crippen molar-refractivity contribution in [1.29, 1.82) is 0 Å². The van der Waals surface area contributed by atoms with E-state index in [0.29, 0.717) is 0 Å². The fraction of sp³-hybridized carbons (Fsp3) is 0.125. The quantitative estimate of drug-likeness (QED) is 0.638. The zero-order valence-electron chi connectivity index (χ0n) is 10.0. The maximum Gasteiger partial charge on any atom is 0.142 e. The van der Waals surface area contributed by atoms with Crippen LogP contribution in [0.2, 0.25) is 5.02 Å². The molecule has 0 amide bonds. The number of hydrogen-bond acceptors (Lipinski definition) is 0. The maximum atomic E-state index is 13.4. The van der Waals surface area contributed by atoms with Gasteiger partial charge in [-0.25, -0.2) is 4.39 Å². The molecule has 0 aliphatic heterocycles. The molecule has 2 heteroatoms. The second kappa shape index (κ2) is 5.71. The summed E-state index contributed by atoms with van der Waals surface area (Å²) in [6.07, 6.45) is 0.837. The Morgan fingerprint density at radius 1 is 1.06 bits per heavy atom. The van der Waals surface area contributed by atoms with Gasteiger partial charge in [-0.3, -0.25) is 0 Å². The minimum Gasteiger partial charge on any atom is -0.205 e. The highest BCUT2D eigenvalue weighted by atomic mass is 35.5. The molecule has 0 bridgehead atoms. The molecule has 90 valence electrons. The summed E-state index contributed by atoms with van der Waals surface area (Å²) >= 11 is 5.66. The summed E-state index contributed by atoms with van der Waals surface area (Å²) in [5.41, 5.74) is 2.73. The first-order valence-electron chi connectivity index (χ1n) is 5.75. The van der Waals surface area contributed by atoms with Crippen LogP contribution in [-0.4, -0.2) is 0 Å². The van der Waals surface area contributed by atoms with Crippen molar-refractivity contribution in [3.63, 3.8) is 0 Å². The Kier molecular flexibility index (Phi) is 4.02. The number of benzene rings is 2. The lowest BCUT2D eigenvalue weighted by Gasteiger charge is -2.03. The molecule has 0 N–H and O–H groups in total. The van der Waals surface area contributed by atoms with Gasteiger partial charge >= 0.3 is 0 Å². The van der Waals surface area contributed by atoms with Gasteiger partial charge < -0.3 is 0 Å². The van der Waals surface area contributed by atoms with Gasteiger partial charge in [-0.1, -0.05) is 48.6 Å². The Labute approximate surface area is 111 Å². The molecule has 0 aromatic heterocycles. The van der Waals surface area contributed by atoms with Crippen LogP contribution in [-0.2, 0) is 0 Å².